The van der Waals surface area contributed by atoms with E-state index in [9.17, 15) is 18.0 Å². The van der Waals surface area contributed by atoms with Gasteiger partial charge in [-0.2, -0.15) is 0 Å². The average Bonchev–Trinajstić information content (AvgIpc) is 2.49. The number of aromatic nitrogens is 1. The Hall–Kier alpha value is -1.03. The zero-order chi connectivity index (χ0) is 21.0. The minimum absolute atomic E-state index is 0.0919. The topological polar surface area (TPSA) is 63.2 Å². The van der Waals surface area contributed by atoms with Crippen LogP contribution in [0.3, 0.4) is 0 Å². The van der Waals surface area contributed by atoms with Crippen molar-refractivity contribution in [1.82, 2.24) is 10.3 Å². The molecule has 0 aliphatic heterocycles. The molecule has 0 aliphatic carbocycles. The Labute approximate surface area is 163 Å². The predicted molar refractivity (Wildman–Crippen MR) is 104 cm³/mol. The van der Waals surface area contributed by atoms with Crippen LogP contribution >= 0.6 is 0 Å². The number of halogens is 3. The molecule has 0 spiro atoms. The second kappa shape index (κ2) is 9.45. The summed E-state index contributed by atoms with van der Waals surface area (Å²) in [4.78, 5) is 23.6. The van der Waals surface area contributed by atoms with Gasteiger partial charge in [-0.1, -0.05) is 0 Å². The van der Waals surface area contributed by atoms with E-state index >= 15 is 0 Å². The van der Waals surface area contributed by atoms with Crippen molar-refractivity contribution < 1.29 is 22.7 Å². The summed E-state index contributed by atoms with van der Waals surface area (Å²) >= 11 is -2.44. The Morgan fingerprint density at radius 1 is 1.26 bits per heavy atom. The molecular weight excluding hydrogens is 466 g/mol. The summed E-state index contributed by atoms with van der Waals surface area (Å²) in [5.41, 5.74) is -0.788. The Morgan fingerprint density at radius 2 is 1.85 bits per heavy atom. The van der Waals surface area contributed by atoms with E-state index in [1.54, 1.807) is 0 Å². The van der Waals surface area contributed by atoms with Crippen molar-refractivity contribution in [3.05, 3.63) is 17.8 Å². The molecule has 0 saturated carbocycles. The molecular formula is C18H30F3N3O2Sn. The molecule has 0 saturated heterocycles. The fourth-order valence-electron chi connectivity index (χ4n) is 2.30. The van der Waals surface area contributed by atoms with Crippen LogP contribution in [0.25, 0.3) is 0 Å². The summed E-state index contributed by atoms with van der Waals surface area (Å²) in [6.45, 7) is 2.80. The van der Waals surface area contributed by atoms with Gasteiger partial charge in [-0.3, -0.25) is 0 Å². The van der Waals surface area contributed by atoms with Gasteiger partial charge in [0.2, 0.25) is 0 Å². The molecule has 0 aromatic carbocycles. The molecule has 0 bridgehead atoms. The number of anilines is 1. The fourth-order valence-corrected chi connectivity index (χ4v) is 5.24. The first kappa shape index (κ1) is 24.0. The van der Waals surface area contributed by atoms with Gasteiger partial charge >= 0.3 is 163 Å². The summed E-state index contributed by atoms with van der Waals surface area (Å²) in [5, 5.41) is 5.67. The van der Waals surface area contributed by atoms with Crippen LogP contribution < -0.4 is 14.3 Å². The van der Waals surface area contributed by atoms with Crippen LogP contribution in [-0.4, -0.2) is 60.2 Å². The maximum atomic E-state index is 14.3. The number of rotatable bonds is 9. The molecule has 1 heterocycles. The molecule has 1 aromatic rings. The molecule has 2 N–H and O–H groups in total. The maximum absolute atomic E-state index is 14.3. The number of amides is 1. The van der Waals surface area contributed by atoms with Gasteiger partial charge in [0.15, 0.2) is 0 Å². The van der Waals surface area contributed by atoms with Gasteiger partial charge < -0.3 is 0 Å². The molecule has 154 valence electrons. The molecule has 1 amide bonds. The first-order valence-corrected chi connectivity index (χ1v) is 18.9. The van der Waals surface area contributed by atoms with E-state index < -0.39 is 49.2 Å². The van der Waals surface area contributed by atoms with E-state index in [0.717, 1.165) is 3.71 Å². The molecule has 0 fully saturated rings. The number of alkyl halides is 3. The molecule has 1 rings (SSSR count). The number of ether oxygens (including phenoxy) is 1. The Bertz CT molecular complexity index is 649. The van der Waals surface area contributed by atoms with Gasteiger partial charge in [-0.15, -0.1) is 0 Å². The van der Waals surface area contributed by atoms with Gasteiger partial charge in [0.1, 0.15) is 0 Å². The third-order valence-electron chi connectivity index (χ3n) is 3.95. The number of nitrogens with one attached hydrogen (secondary N) is 2. The molecule has 1 atom stereocenters. The summed E-state index contributed by atoms with van der Waals surface area (Å²) in [7, 11) is 0. The van der Waals surface area contributed by atoms with Gasteiger partial charge in [-0.05, 0) is 0 Å². The normalized spacial score (nSPS) is 13.8. The average molecular weight is 496 g/mol. The van der Waals surface area contributed by atoms with Crippen molar-refractivity contribution in [2.24, 2.45) is 0 Å². The van der Waals surface area contributed by atoms with Crippen LogP contribution in [0.2, 0.25) is 14.8 Å². The van der Waals surface area contributed by atoms with Crippen molar-refractivity contribution in [3.63, 3.8) is 0 Å². The molecule has 5 nitrogen and oxygen atoms in total. The van der Waals surface area contributed by atoms with Crippen molar-refractivity contribution >= 4 is 33.7 Å². The summed E-state index contributed by atoms with van der Waals surface area (Å²) in [6, 6.07) is 1.98. The first-order valence-electron chi connectivity index (χ1n) is 8.89. The van der Waals surface area contributed by atoms with Crippen LogP contribution in [0.15, 0.2) is 12.3 Å². The number of hydrogen-bond acceptors (Lipinski definition) is 4. The van der Waals surface area contributed by atoms with Crippen molar-refractivity contribution in [2.45, 2.75) is 66.9 Å². The molecule has 1 unspecified atom stereocenters. The van der Waals surface area contributed by atoms with Crippen molar-refractivity contribution in [1.29, 1.82) is 0 Å². The standard InChI is InChI=1S/C15H21F3N3O2.3CH3.Sn/c1-9(2)21-11-5-6-19-7-10(11)13(22)20-8-12(16)15(3,4)23-14(17)18;;;;/h5,7,9,12,14H,8H2,1-4H3,(H,19,21)(H,20,22);3*1H3;. The second-order valence-electron chi connectivity index (χ2n) is 8.32. The van der Waals surface area contributed by atoms with E-state index in [0.29, 0.717) is 11.3 Å². The van der Waals surface area contributed by atoms with E-state index in [4.69, 9.17) is 0 Å². The van der Waals surface area contributed by atoms with E-state index in [1.165, 1.54) is 20.0 Å². The van der Waals surface area contributed by atoms with E-state index in [1.807, 2.05) is 19.9 Å². The van der Waals surface area contributed by atoms with Gasteiger partial charge in [0.05, 0.1) is 0 Å². The Kier molecular flexibility index (Phi) is 8.40. The van der Waals surface area contributed by atoms with Crippen LogP contribution in [0, 0.1) is 0 Å². The summed E-state index contributed by atoms with van der Waals surface area (Å²) in [5.74, 6) is -0.517. The SMILES string of the molecule is CC(C)Nc1c[c]([Sn]([CH3])([CH3])[CH3])ncc1C(=O)NCC(F)C(C)(C)OC(F)F. The van der Waals surface area contributed by atoms with Gasteiger partial charge in [0, 0.05) is 0 Å². The fraction of sp³-hybridized carbons (Fsp3) is 0.667. The number of pyridine rings is 1. The summed E-state index contributed by atoms with van der Waals surface area (Å²) < 4.78 is 44.3. The third kappa shape index (κ3) is 7.48. The zero-order valence-electron chi connectivity index (χ0n) is 17.0. The van der Waals surface area contributed by atoms with Crippen molar-refractivity contribution in [3.8, 4) is 0 Å². The number of nitrogens with zero attached hydrogens (tertiary/aromatic N) is 1. The van der Waals surface area contributed by atoms with E-state index in [2.05, 4.69) is 35.2 Å². The molecule has 0 aliphatic rings. The van der Waals surface area contributed by atoms with Crippen LogP contribution in [0.5, 0.6) is 0 Å². The summed E-state index contributed by atoms with van der Waals surface area (Å²) in [6.07, 6.45) is -0.305. The quantitative estimate of drug-likeness (QED) is 0.514. The molecule has 9 heteroatoms. The van der Waals surface area contributed by atoms with Gasteiger partial charge in [-0.25, -0.2) is 0 Å². The molecule has 27 heavy (non-hydrogen) atoms. The Balaban J connectivity index is 2.96. The molecule has 1 aromatic heterocycles. The predicted octanol–water partition coefficient (Wildman–Crippen LogP) is 3.53. The number of carbonyl (C=O) groups is 1. The van der Waals surface area contributed by atoms with Gasteiger partial charge in [0.25, 0.3) is 0 Å². The Morgan fingerprint density at radius 3 is 2.33 bits per heavy atom. The second-order valence-corrected chi connectivity index (χ2v) is 22.6. The minimum atomic E-state index is -3.09. The molecule has 0 radical (unpaired) electrons. The monoisotopic (exact) mass is 497 g/mol. The first-order chi connectivity index (χ1) is 12.2. The number of carbonyl (C=O) groups excluding carboxylic acids is 1. The third-order valence-corrected chi connectivity index (χ3v) is 9.12. The van der Waals surface area contributed by atoms with E-state index in [-0.39, 0.29) is 6.04 Å². The number of hydrogen-bond donors (Lipinski definition) is 2. The van der Waals surface area contributed by atoms with Crippen LogP contribution in [0.1, 0.15) is 38.1 Å². The van der Waals surface area contributed by atoms with Crippen LogP contribution in [0.4, 0.5) is 18.9 Å². The van der Waals surface area contributed by atoms with Crippen molar-refractivity contribution in [2.75, 3.05) is 11.9 Å². The van der Waals surface area contributed by atoms with Crippen LogP contribution in [-0.2, 0) is 4.74 Å². The zero-order valence-corrected chi connectivity index (χ0v) is 19.8.